The fraction of sp³-hybridized carbons (Fsp3) is 0.250. The highest BCUT2D eigenvalue weighted by molar-refractivity contribution is 6.04. The van der Waals surface area contributed by atoms with E-state index in [4.69, 9.17) is 0 Å². The molecule has 0 heterocycles. The molecule has 0 atom stereocenters. The number of carbonyl (C=O) groups is 1. The summed E-state index contributed by atoms with van der Waals surface area (Å²) >= 11 is 0. The second-order valence-electron chi connectivity index (χ2n) is 3.47. The first-order valence-electron chi connectivity index (χ1n) is 4.67. The molecule has 0 aliphatic heterocycles. The lowest BCUT2D eigenvalue weighted by Crippen LogP contribution is -2.03. The van der Waals surface area contributed by atoms with Crippen LogP contribution in [0.1, 0.15) is 15.9 Å². The molecule has 0 unspecified atom stereocenters. The Morgan fingerprint density at radius 1 is 1.33 bits per heavy atom. The van der Waals surface area contributed by atoms with Crippen molar-refractivity contribution in [3.63, 3.8) is 0 Å². The number of hydrogen-bond donors (Lipinski definition) is 0. The third-order valence-electron chi connectivity index (χ3n) is 1.92. The van der Waals surface area contributed by atoms with Crippen LogP contribution in [0.5, 0.6) is 0 Å². The van der Waals surface area contributed by atoms with E-state index in [9.17, 15) is 9.18 Å². The molecule has 0 N–H and O–H groups in total. The molecule has 0 saturated heterocycles. The normalized spacial score (nSPS) is 10.6. The van der Waals surface area contributed by atoms with E-state index in [2.05, 4.69) is 0 Å². The Morgan fingerprint density at radius 2 is 1.93 bits per heavy atom. The van der Waals surface area contributed by atoms with Crippen LogP contribution in [0.2, 0.25) is 0 Å². The van der Waals surface area contributed by atoms with Crippen molar-refractivity contribution in [2.24, 2.45) is 0 Å². The number of nitrogens with zero attached hydrogens (tertiary/aromatic N) is 1. The highest BCUT2D eigenvalue weighted by Crippen LogP contribution is 2.07. The van der Waals surface area contributed by atoms with E-state index in [1.807, 2.05) is 14.1 Å². The second-order valence-corrected chi connectivity index (χ2v) is 3.47. The van der Waals surface area contributed by atoms with E-state index in [0.29, 0.717) is 11.1 Å². The Morgan fingerprint density at radius 3 is 2.40 bits per heavy atom. The third-order valence-corrected chi connectivity index (χ3v) is 1.92. The van der Waals surface area contributed by atoms with Crippen molar-refractivity contribution >= 4 is 5.78 Å². The summed E-state index contributed by atoms with van der Waals surface area (Å²) in [6, 6.07) is 6.52. The average molecular weight is 207 g/mol. The molecule has 0 aromatic heterocycles. The van der Waals surface area contributed by atoms with Crippen molar-refractivity contribution in [3.05, 3.63) is 47.7 Å². The van der Waals surface area contributed by atoms with Gasteiger partial charge < -0.3 is 4.90 Å². The Labute approximate surface area is 89.0 Å². The minimum absolute atomic E-state index is 0.0749. The summed E-state index contributed by atoms with van der Waals surface area (Å²) in [4.78, 5) is 13.3. The van der Waals surface area contributed by atoms with Crippen molar-refractivity contribution in [2.75, 3.05) is 14.1 Å². The number of ketones is 1. The zero-order chi connectivity index (χ0) is 11.3. The predicted molar refractivity (Wildman–Crippen MR) is 58.4 cm³/mol. The molecule has 0 radical (unpaired) electrons. The smallest absolute Gasteiger partial charge is 0.187 e. The van der Waals surface area contributed by atoms with Gasteiger partial charge in [-0.3, -0.25) is 4.79 Å². The zero-order valence-electron chi connectivity index (χ0n) is 8.90. The maximum absolute atomic E-state index is 12.2. The molecule has 0 fully saturated rings. The van der Waals surface area contributed by atoms with Crippen LogP contribution in [0.3, 0.4) is 0 Å². The van der Waals surface area contributed by atoms with Crippen molar-refractivity contribution < 1.29 is 9.18 Å². The first-order valence-corrected chi connectivity index (χ1v) is 4.67. The Bertz CT molecular complexity index is 354. The molecule has 1 rings (SSSR count). The van der Waals surface area contributed by atoms with E-state index in [1.165, 1.54) is 6.08 Å². The molecule has 15 heavy (non-hydrogen) atoms. The number of benzene rings is 1. The van der Waals surface area contributed by atoms with Crippen LogP contribution in [-0.2, 0) is 6.67 Å². The third kappa shape index (κ3) is 3.54. The zero-order valence-corrected chi connectivity index (χ0v) is 8.90. The topological polar surface area (TPSA) is 20.3 Å². The highest BCUT2D eigenvalue weighted by atomic mass is 19.1. The predicted octanol–water partition coefficient (Wildman–Crippen LogP) is 2.41. The maximum Gasteiger partial charge on any atom is 0.187 e. The summed E-state index contributed by atoms with van der Waals surface area (Å²) in [6.07, 6.45) is 3.18. The molecule has 0 amide bonds. The Hall–Kier alpha value is -1.64. The van der Waals surface area contributed by atoms with Gasteiger partial charge in [-0.25, -0.2) is 4.39 Å². The minimum Gasteiger partial charge on any atom is -0.383 e. The number of alkyl halides is 1. The van der Waals surface area contributed by atoms with Gasteiger partial charge >= 0.3 is 0 Å². The monoisotopic (exact) mass is 207 g/mol. The molecular formula is C12H14FNO. The summed E-state index contributed by atoms with van der Waals surface area (Å²) in [5, 5.41) is 0. The molecular weight excluding hydrogens is 193 g/mol. The van der Waals surface area contributed by atoms with E-state index in [0.717, 1.165) is 0 Å². The molecule has 2 nitrogen and oxygen atoms in total. The molecule has 0 saturated carbocycles. The van der Waals surface area contributed by atoms with E-state index in [1.54, 1.807) is 35.4 Å². The van der Waals surface area contributed by atoms with Gasteiger partial charge in [-0.2, -0.15) is 0 Å². The van der Waals surface area contributed by atoms with Gasteiger partial charge in [0.05, 0.1) is 0 Å². The summed E-state index contributed by atoms with van der Waals surface area (Å²) < 4.78 is 12.2. The second kappa shape index (κ2) is 5.29. The summed E-state index contributed by atoms with van der Waals surface area (Å²) in [5.41, 5.74) is 1.16. The van der Waals surface area contributed by atoms with Crippen molar-refractivity contribution in [1.29, 1.82) is 0 Å². The van der Waals surface area contributed by atoms with E-state index in [-0.39, 0.29) is 5.78 Å². The van der Waals surface area contributed by atoms with E-state index < -0.39 is 6.67 Å². The van der Waals surface area contributed by atoms with Crippen LogP contribution in [0.15, 0.2) is 36.5 Å². The Kier molecular flexibility index (Phi) is 4.03. The molecule has 0 spiro atoms. The van der Waals surface area contributed by atoms with Gasteiger partial charge in [0.1, 0.15) is 6.67 Å². The van der Waals surface area contributed by atoms with Gasteiger partial charge in [0.2, 0.25) is 0 Å². The Balaban J connectivity index is 2.74. The van der Waals surface area contributed by atoms with E-state index >= 15 is 0 Å². The van der Waals surface area contributed by atoms with Crippen LogP contribution < -0.4 is 0 Å². The summed E-state index contributed by atoms with van der Waals surface area (Å²) in [7, 11) is 3.69. The SMILES string of the molecule is CN(C)/C=C/C(=O)c1ccc(CF)cc1. The fourth-order valence-electron chi connectivity index (χ4n) is 1.07. The van der Waals surface area contributed by atoms with Crippen LogP contribution in [0, 0.1) is 0 Å². The molecule has 0 aliphatic rings. The molecule has 3 heteroatoms. The van der Waals surface area contributed by atoms with Crippen LogP contribution in [-0.4, -0.2) is 24.8 Å². The van der Waals surface area contributed by atoms with Gasteiger partial charge in [-0.05, 0) is 5.56 Å². The lowest BCUT2D eigenvalue weighted by Gasteiger charge is -2.03. The standard InChI is InChI=1S/C12H14FNO/c1-14(2)8-7-12(15)11-5-3-10(9-13)4-6-11/h3-8H,9H2,1-2H3/b8-7+. The number of hydrogen-bond acceptors (Lipinski definition) is 2. The van der Waals surface area contributed by atoms with Crippen LogP contribution in [0.4, 0.5) is 4.39 Å². The molecule has 80 valence electrons. The van der Waals surface area contributed by atoms with Gasteiger partial charge in [0.25, 0.3) is 0 Å². The van der Waals surface area contributed by atoms with Gasteiger partial charge in [0.15, 0.2) is 5.78 Å². The lowest BCUT2D eigenvalue weighted by molar-refractivity contribution is 0.104. The number of rotatable bonds is 4. The number of halogens is 1. The first kappa shape index (κ1) is 11.4. The van der Waals surface area contributed by atoms with Crippen molar-refractivity contribution in [2.45, 2.75) is 6.67 Å². The van der Waals surface area contributed by atoms with Crippen molar-refractivity contribution in [3.8, 4) is 0 Å². The van der Waals surface area contributed by atoms with Gasteiger partial charge in [-0.1, -0.05) is 24.3 Å². The van der Waals surface area contributed by atoms with Gasteiger partial charge in [-0.15, -0.1) is 0 Å². The minimum atomic E-state index is -0.498. The molecule has 0 bridgehead atoms. The molecule has 1 aromatic carbocycles. The quantitative estimate of drug-likeness (QED) is 0.558. The first-order chi connectivity index (χ1) is 7.13. The highest BCUT2D eigenvalue weighted by Gasteiger charge is 2.01. The maximum atomic E-state index is 12.2. The van der Waals surface area contributed by atoms with Crippen LogP contribution >= 0.6 is 0 Å². The lowest BCUT2D eigenvalue weighted by atomic mass is 10.1. The number of carbonyl (C=O) groups excluding carboxylic acids is 1. The van der Waals surface area contributed by atoms with Crippen LogP contribution in [0.25, 0.3) is 0 Å². The largest absolute Gasteiger partial charge is 0.383 e. The molecule has 1 aromatic rings. The summed E-state index contributed by atoms with van der Waals surface area (Å²) in [5.74, 6) is -0.0749. The summed E-state index contributed by atoms with van der Waals surface area (Å²) in [6.45, 7) is -0.498. The fourth-order valence-corrected chi connectivity index (χ4v) is 1.07. The molecule has 0 aliphatic carbocycles. The number of allylic oxidation sites excluding steroid dienone is 1. The average Bonchev–Trinajstić information content (AvgIpc) is 2.26. The van der Waals surface area contributed by atoms with Crippen molar-refractivity contribution in [1.82, 2.24) is 4.90 Å². The van der Waals surface area contributed by atoms with Gasteiger partial charge in [0, 0.05) is 31.9 Å².